The summed E-state index contributed by atoms with van der Waals surface area (Å²) in [7, 11) is 0. The van der Waals surface area contributed by atoms with E-state index in [1.54, 1.807) is 0 Å². The summed E-state index contributed by atoms with van der Waals surface area (Å²) in [4.78, 5) is 19.9. The molecule has 2 heterocycles. The zero-order valence-corrected chi connectivity index (χ0v) is 14.2. The van der Waals surface area contributed by atoms with Crippen molar-refractivity contribution in [2.45, 2.75) is 24.4 Å². The summed E-state index contributed by atoms with van der Waals surface area (Å²) >= 11 is 11.9. The smallest absolute Gasteiger partial charge is 0.351 e. The largest absolute Gasteiger partial charge is 0.417 e. The van der Waals surface area contributed by atoms with Crippen molar-refractivity contribution in [2.75, 3.05) is 6.54 Å². The second-order valence-corrected chi connectivity index (χ2v) is 6.69. The van der Waals surface area contributed by atoms with E-state index in [0.717, 1.165) is 12.3 Å². The normalized spacial score (nSPS) is 15.7. The van der Waals surface area contributed by atoms with Gasteiger partial charge in [-0.1, -0.05) is 23.2 Å². The van der Waals surface area contributed by atoms with Crippen molar-refractivity contribution < 1.29 is 18.0 Å². The molecule has 1 saturated carbocycles. The van der Waals surface area contributed by atoms with E-state index < -0.39 is 17.2 Å². The lowest BCUT2D eigenvalue weighted by Crippen LogP contribution is -2.33. The van der Waals surface area contributed by atoms with Crippen LogP contribution in [0.1, 0.15) is 34.5 Å². The number of carbonyl (C=O) groups excluding carboxylic acids is 1. The summed E-state index contributed by atoms with van der Waals surface area (Å²) in [6, 6.07) is 2.35. The van der Waals surface area contributed by atoms with Gasteiger partial charge in [0.05, 0.1) is 26.9 Å². The molecule has 25 heavy (non-hydrogen) atoms. The van der Waals surface area contributed by atoms with Crippen LogP contribution in [-0.2, 0) is 11.6 Å². The predicted molar refractivity (Wildman–Crippen MR) is 86.7 cm³/mol. The fraction of sp³-hybridized carbons (Fsp3) is 0.312. The molecule has 0 saturated heterocycles. The number of halogens is 5. The number of aromatic nitrogens is 2. The molecule has 1 N–H and O–H groups in total. The Labute approximate surface area is 151 Å². The maximum atomic E-state index is 12.7. The molecule has 1 aliphatic rings. The van der Waals surface area contributed by atoms with Gasteiger partial charge in [-0.2, -0.15) is 13.2 Å². The Kier molecular flexibility index (Phi) is 4.64. The Morgan fingerprint density at radius 3 is 2.52 bits per heavy atom. The van der Waals surface area contributed by atoms with Crippen LogP contribution in [-0.4, -0.2) is 22.4 Å². The van der Waals surface area contributed by atoms with Crippen LogP contribution in [0, 0.1) is 0 Å². The van der Waals surface area contributed by atoms with Gasteiger partial charge in [0, 0.05) is 30.6 Å². The van der Waals surface area contributed by atoms with Gasteiger partial charge in [0.1, 0.15) is 0 Å². The van der Waals surface area contributed by atoms with Crippen molar-refractivity contribution in [3.05, 3.63) is 57.6 Å². The predicted octanol–water partition coefficient (Wildman–Crippen LogP) is 4.26. The Morgan fingerprint density at radius 1 is 1.24 bits per heavy atom. The summed E-state index contributed by atoms with van der Waals surface area (Å²) in [5.41, 5.74) is -0.803. The number of nitrogens with one attached hydrogen (secondary N) is 1. The number of carbonyl (C=O) groups is 1. The van der Waals surface area contributed by atoms with Crippen molar-refractivity contribution >= 4 is 29.1 Å². The maximum Gasteiger partial charge on any atom is 0.417 e. The van der Waals surface area contributed by atoms with Gasteiger partial charge < -0.3 is 5.32 Å². The molecule has 0 aromatic carbocycles. The van der Waals surface area contributed by atoms with E-state index in [2.05, 4.69) is 15.3 Å². The van der Waals surface area contributed by atoms with Crippen LogP contribution in [0.4, 0.5) is 13.2 Å². The van der Waals surface area contributed by atoms with Crippen molar-refractivity contribution in [1.29, 1.82) is 0 Å². The first-order chi connectivity index (χ1) is 11.7. The minimum atomic E-state index is -4.50. The summed E-state index contributed by atoms with van der Waals surface area (Å²) in [5, 5.41) is 2.91. The highest BCUT2D eigenvalue weighted by molar-refractivity contribution is 6.33. The lowest BCUT2D eigenvalue weighted by atomic mass is 10.0. The van der Waals surface area contributed by atoms with Crippen molar-refractivity contribution in [3.8, 4) is 0 Å². The van der Waals surface area contributed by atoms with E-state index in [0.29, 0.717) is 18.5 Å². The third kappa shape index (κ3) is 3.72. The van der Waals surface area contributed by atoms with Crippen LogP contribution in [0.3, 0.4) is 0 Å². The molecule has 1 aliphatic carbocycles. The van der Waals surface area contributed by atoms with Gasteiger partial charge in [0.25, 0.3) is 5.91 Å². The second-order valence-electron chi connectivity index (χ2n) is 5.87. The quantitative estimate of drug-likeness (QED) is 0.849. The minimum Gasteiger partial charge on any atom is -0.351 e. The highest BCUT2D eigenvalue weighted by Crippen LogP contribution is 2.49. The molecule has 0 atom stereocenters. The van der Waals surface area contributed by atoms with Gasteiger partial charge in [-0.3, -0.25) is 14.8 Å². The molecule has 132 valence electrons. The van der Waals surface area contributed by atoms with Gasteiger partial charge >= 0.3 is 6.18 Å². The first kappa shape index (κ1) is 17.9. The van der Waals surface area contributed by atoms with E-state index in [9.17, 15) is 18.0 Å². The summed E-state index contributed by atoms with van der Waals surface area (Å²) < 4.78 is 38.2. The molecular formula is C16H12Cl2F3N3O. The number of nitrogens with zero attached hydrogens (tertiary/aromatic N) is 2. The summed E-state index contributed by atoms with van der Waals surface area (Å²) in [6.45, 7) is 0.211. The van der Waals surface area contributed by atoms with Crippen LogP contribution < -0.4 is 5.32 Å². The average molecular weight is 390 g/mol. The number of alkyl halides is 3. The Bertz CT molecular complexity index is 823. The van der Waals surface area contributed by atoms with Crippen LogP contribution in [0.5, 0.6) is 0 Å². The Morgan fingerprint density at radius 2 is 1.96 bits per heavy atom. The van der Waals surface area contributed by atoms with E-state index >= 15 is 0 Å². The van der Waals surface area contributed by atoms with Crippen LogP contribution in [0.25, 0.3) is 0 Å². The molecule has 4 nitrogen and oxygen atoms in total. The van der Waals surface area contributed by atoms with Gasteiger partial charge in [-0.05, 0) is 25.0 Å². The second kappa shape index (κ2) is 6.46. The lowest BCUT2D eigenvalue weighted by molar-refractivity contribution is -0.137. The molecule has 1 fully saturated rings. The monoisotopic (exact) mass is 389 g/mol. The van der Waals surface area contributed by atoms with E-state index in [4.69, 9.17) is 23.2 Å². The topological polar surface area (TPSA) is 54.9 Å². The molecule has 2 aromatic rings. The third-order valence-corrected chi connectivity index (χ3v) is 4.72. The van der Waals surface area contributed by atoms with Crippen molar-refractivity contribution in [2.24, 2.45) is 0 Å². The fourth-order valence-corrected chi connectivity index (χ4v) is 3.11. The molecule has 0 radical (unpaired) electrons. The molecule has 0 spiro atoms. The van der Waals surface area contributed by atoms with Crippen LogP contribution in [0.15, 0.2) is 30.7 Å². The molecule has 0 bridgehead atoms. The zero-order valence-electron chi connectivity index (χ0n) is 12.7. The Hall–Kier alpha value is -1.86. The molecule has 0 aliphatic heterocycles. The van der Waals surface area contributed by atoms with Gasteiger partial charge in [-0.15, -0.1) is 0 Å². The van der Waals surface area contributed by atoms with Crippen LogP contribution in [0.2, 0.25) is 10.0 Å². The number of amides is 1. The van der Waals surface area contributed by atoms with E-state index in [1.807, 2.05) is 0 Å². The first-order valence-electron chi connectivity index (χ1n) is 7.34. The lowest BCUT2D eigenvalue weighted by Gasteiger charge is -2.18. The highest BCUT2D eigenvalue weighted by atomic mass is 35.5. The molecule has 1 amide bonds. The molecule has 9 heteroatoms. The number of rotatable bonds is 4. The summed E-state index contributed by atoms with van der Waals surface area (Å²) in [5.74, 6) is -0.387. The Balaban J connectivity index is 1.75. The fourth-order valence-electron chi connectivity index (χ4n) is 2.54. The van der Waals surface area contributed by atoms with Crippen molar-refractivity contribution in [1.82, 2.24) is 15.3 Å². The number of pyridine rings is 2. The first-order valence-corrected chi connectivity index (χ1v) is 8.09. The maximum absolute atomic E-state index is 12.7. The molecular weight excluding hydrogens is 378 g/mol. The SMILES string of the molecule is O=C(NCC1(c2ncc(C(F)(F)F)cc2Cl)CC1)c1ccncc1Cl. The zero-order chi connectivity index (χ0) is 18.2. The highest BCUT2D eigenvalue weighted by Gasteiger charge is 2.47. The van der Waals surface area contributed by atoms with Gasteiger partial charge in [-0.25, -0.2) is 0 Å². The van der Waals surface area contributed by atoms with Gasteiger partial charge in [0.15, 0.2) is 0 Å². The van der Waals surface area contributed by atoms with Crippen LogP contribution >= 0.6 is 23.2 Å². The van der Waals surface area contributed by atoms with Gasteiger partial charge in [0.2, 0.25) is 0 Å². The molecule has 3 rings (SSSR count). The third-order valence-electron chi connectivity index (χ3n) is 4.13. The summed E-state index contributed by atoms with van der Waals surface area (Å²) in [6.07, 6.45) is 0.422. The van der Waals surface area contributed by atoms with E-state index in [1.165, 1.54) is 18.5 Å². The van der Waals surface area contributed by atoms with E-state index in [-0.39, 0.29) is 28.1 Å². The number of hydrogen-bond acceptors (Lipinski definition) is 3. The molecule has 0 unspecified atom stereocenters. The average Bonchev–Trinajstić information content (AvgIpc) is 3.33. The molecule has 2 aromatic heterocycles. The number of hydrogen-bond donors (Lipinski definition) is 1. The minimum absolute atomic E-state index is 0.0523. The standard InChI is InChI=1S/C16H12Cl2F3N3O/c17-11-5-9(16(19,20)21)6-23-13(11)15(2-3-15)8-24-14(25)10-1-4-22-7-12(10)18/h1,4-7H,2-3,8H2,(H,24,25). The van der Waals surface area contributed by atoms with Crippen molar-refractivity contribution in [3.63, 3.8) is 0 Å².